The lowest BCUT2D eigenvalue weighted by Gasteiger charge is -2.19. The van der Waals surface area contributed by atoms with Crippen LogP contribution in [-0.4, -0.2) is 31.7 Å². The number of hydrogen-bond donors (Lipinski definition) is 1. The molecule has 0 radical (unpaired) electrons. The van der Waals surface area contributed by atoms with Crippen LogP contribution >= 0.6 is 11.8 Å². The molecule has 4 nitrogen and oxygen atoms in total. The molecule has 0 heterocycles. The van der Waals surface area contributed by atoms with Gasteiger partial charge in [-0.15, -0.1) is 0 Å². The van der Waals surface area contributed by atoms with Crippen molar-refractivity contribution in [2.24, 2.45) is 0 Å². The van der Waals surface area contributed by atoms with E-state index in [1.807, 2.05) is 6.26 Å². The van der Waals surface area contributed by atoms with Crippen LogP contribution in [0.15, 0.2) is 29.2 Å². The molecule has 1 aliphatic rings. The van der Waals surface area contributed by atoms with Crippen LogP contribution < -0.4 is 4.72 Å². The Morgan fingerprint density at radius 3 is 2.75 bits per heavy atom. The van der Waals surface area contributed by atoms with Crippen molar-refractivity contribution in [1.82, 2.24) is 4.72 Å². The summed E-state index contributed by atoms with van der Waals surface area (Å²) < 4.78 is 27.6. The Hall–Kier alpha value is -0.850. The SMILES string of the molecule is CSC1CCCC1NS(=O)(=O)c1cccc(C(C)=O)c1. The van der Waals surface area contributed by atoms with Crippen LogP contribution in [0.3, 0.4) is 0 Å². The van der Waals surface area contributed by atoms with Crippen LogP contribution in [-0.2, 0) is 10.0 Å². The van der Waals surface area contributed by atoms with E-state index in [0.29, 0.717) is 10.8 Å². The number of nitrogens with one attached hydrogen (secondary N) is 1. The Labute approximate surface area is 124 Å². The number of ketones is 1. The summed E-state index contributed by atoms with van der Waals surface area (Å²) in [5.74, 6) is -0.134. The van der Waals surface area contributed by atoms with E-state index in [0.717, 1.165) is 19.3 Å². The summed E-state index contributed by atoms with van der Waals surface area (Å²) in [5, 5.41) is 0.334. The van der Waals surface area contributed by atoms with Gasteiger partial charge in [-0.2, -0.15) is 11.8 Å². The highest BCUT2D eigenvalue weighted by molar-refractivity contribution is 7.99. The predicted molar refractivity (Wildman–Crippen MR) is 81.7 cm³/mol. The van der Waals surface area contributed by atoms with Crippen molar-refractivity contribution in [1.29, 1.82) is 0 Å². The van der Waals surface area contributed by atoms with Crippen molar-refractivity contribution in [3.63, 3.8) is 0 Å². The molecular formula is C14H19NO3S2. The number of benzene rings is 1. The summed E-state index contributed by atoms with van der Waals surface area (Å²) in [4.78, 5) is 11.5. The molecule has 0 saturated heterocycles. The fraction of sp³-hybridized carbons (Fsp3) is 0.500. The van der Waals surface area contributed by atoms with Crippen LogP contribution in [0.4, 0.5) is 0 Å². The second-order valence-electron chi connectivity index (χ2n) is 5.02. The Kier molecular flexibility index (Phi) is 4.88. The fourth-order valence-corrected chi connectivity index (χ4v) is 4.87. The van der Waals surface area contributed by atoms with Crippen LogP contribution in [0.1, 0.15) is 36.5 Å². The minimum absolute atomic E-state index is 0.0176. The van der Waals surface area contributed by atoms with E-state index in [2.05, 4.69) is 4.72 Å². The van der Waals surface area contributed by atoms with E-state index < -0.39 is 10.0 Å². The minimum atomic E-state index is -3.56. The second kappa shape index (κ2) is 6.28. The molecule has 0 amide bonds. The topological polar surface area (TPSA) is 63.2 Å². The summed E-state index contributed by atoms with van der Waals surface area (Å²) in [6.45, 7) is 1.43. The number of carbonyl (C=O) groups excluding carboxylic acids is 1. The molecule has 1 aromatic carbocycles. The molecule has 2 rings (SSSR count). The standard InChI is InChI=1S/C14H19NO3S2/c1-10(16)11-5-3-6-12(9-11)20(17,18)15-13-7-4-8-14(13)19-2/h3,5-6,9,13-15H,4,7-8H2,1-2H3. The van der Waals surface area contributed by atoms with Crippen LogP contribution in [0.2, 0.25) is 0 Å². The summed E-state index contributed by atoms with van der Waals surface area (Å²) in [6, 6.07) is 6.18. The van der Waals surface area contributed by atoms with Gasteiger partial charge in [-0.3, -0.25) is 4.79 Å². The van der Waals surface area contributed by atoms with Crippen molar-refractivity contribution in [2.75, 3.05) is 6.26 Å². The van der Waals surface area contributed by atoms with Gasteiger partial charge in [0.15, 0.2) is 5.78 Å². The summed E-state index contributed by atoms with van der Waals surface area (Å²) in [5.41, 5.74) is 0.417. The minimum Gasteiger partial charge on any atom is -0.295 e. The normalized spacial score (nSPS) is 22.9. The third kappa shape index (κ3) is 3.42. The molecule has 2 atom stereocenters. The van der Waals surface area contributed by atoms with Gasteiger partial charge in [-0.1, -0.05) is 18.6 Å². The van der Waals surface area contributed by atoms with E-state index in [1.54, 1.807) is 23.9 Å². The van der Waals surface area contributed by atoms with Gasteiger partial charge >= 0.3 is 0 Å². The molecule has 0 spiro atoms. The Morgan fingerprint density at radius 1 is 1.35 bits per heavy atom. The number of rotatable bonds is 5. The molecule has 1 aromatic rings. The molecule has 1 saturated carbocycles. The Balaban J connectivity index is 2.22. The number of carbonyl (C=O) groups is 1. The molecule has 0 aliphatic heterocycles. The third-order valence-electron chi connectivity index (χ3n) is 3.61. The maximum absolute atomic E-state index is 12.4. The summed E-state index contributed by atoms with van der Waals surface area (Å²) in [6.07, 6.45) is 4.97. The van der Waals surface area contributed by atoms with Gasteiger partial charge in [0.1, 0.15) is 0 Å². The largest absolute Gasteiger partial charge is 0.295 e. The quantitative estimate of drug-likeness (QED) is 0.848. The van der Waals surface area contributed by atoms with Crippen LogP contribution in [0.25, 0.3) is 0 Å². The summed E-state index contributed by atoms with van der Waals surface area (Å²) in [7, 11) is -3.56. The van der Waals surface area contributed by atoms with Gasteiger partial charge in [0.2, 0.25) is 10.0 Å². The van der Waals surface area contributed by atoms with E-state index in [9.17, 15) is 13.2 Å². The number of sulfonamides is 1. The lowest BCUT2D eigenvalue weighted by Crippen LogP contribution is -2.38. The third-order valence-corrected chi connectivity index (χ3v) is 6.27. The first-order chi connectivity index (χ1) is 9.44. The Bertz CT molecular complexity index is 598. The van der Waals surface area contributed by atoms with Crippen molar-refractivity contribution in [3.8, 4) is 0 Å². The van der Waals surface area contributed by atoms with Gasteiger partial charge in [-0.05, 0) is 38.2 Å². The zero-order valence-corrected chi connectivity index (χ0v) is 13.3. The van der Waals surface area contributed by atoms with Gasteiger partial charge < -0.3 is 0 Å². The lowest BCUT2D eigenvalue weighted by molar-refractivity contribution is 0.101. The fourth-order valence-electron chi connectivity index (χ4n) is 2.49. The highest BCUT2D eigenvalue weighted by Crippen LogP contribution is 2.29. The van der Waals surface area contributed by atoms with Gasteiger partial charge in [0.25, 0.3) is 0 Å². The first-order valence-corrected chi connectivity index (χ1v) is 9.37. The molecule has 6 heteroatoms. The number of thioether (sulfide) groups is 1. The highest BCUT2D eigenvalue weighted by Gasteiger charge is 2.30. The van der Waals surface area contributed by atoms with E-state index in [4.69, 9.17) is 0 Å². The first kappa shape index (κ1) is 15.5. The van der Waals surface area contributed by atoms with Crippen molar-refractivity contribution >= 4 is 27.6 Å². The smallest absolute Gasteiger partial charge is 0.240 e. The van der Waals surface area contributed by atoms with Crippen LogP contribution in [0, 0.1) is 0 Å². The van der Waals surface area contributed by atoms with Crippen molar-refractivity contribution in [3.05, 3.63) is 29.8 Å². The van der Waals surface area contributed by atoms with Crippen LogP contribution in [0.5, 0.6) is 0 Å². The van der Waals surface area contributed by atoms with Gasteiger partial charge in [0.05, 0.1) is 4.90 Å². The molecular weight excluding hydrogens is 294 g/mol. The molecule has 110 valence electrons. The average molecular weight is 313 g/mol. The molecule has 0 aromatic heterocycles. The second-order valence-corrected chi connectivity index (χ2v) is 7.81. The first-order valence-electron chi connectivity index (χ1n) is 6.60. The maximum Gasteiger partial charge on any atom is 0.240 e. The molecule has 1 fully saturated rings. The molecule has 0 bridgehead atoms. The highest BCUT2D eigenvalue weighted by atomic mass is 32.2. The van der Waals surface area contributed by atoms with Crippen molar-refractivity contribution in [2.45, 2.75) is 42.4 Å². The van der Waals surface area contributed by atoms with Gasteiger partial charge in [0, 0.05) is 16.9 Å². The Morgan fingerprint density at radius 2 is 2.10 bits per heavy atom. The van der Waals surface area contributed by atoms with E-state index in [1.165, 1.54) is 19.1 Å². The number of hydrogen-bond acceptors (Lipinski definition) is 4. The zero-order valence-electron chi connectivity index (χ0n) is 11.6. The lowest BCUT2D eigenvalue weighted by atomic mass is 10.2. The summed E-state index contributed by atoms with van der Waals surface area (Å²) >= 11 is 1.70. The van der Waals surface area contributed by atoms with Gasteiger partial charge in [-0.25, -0.2) is 13.1 Å². The molecule has 1 N–H and O–H groups in total. The molecule has 2 unspecified atom stereocenters. The molecule has 20 heavy (non-hydrogen) atoms. The van der Waals surface area contributed by atoms with E-state index >= 15 is 0 Å². The monoisotopic (exact) mass is 313 g/mol. The van der Waals surface area contributed by atoms with Crippen molar-refractivity contribution < 1.29 is 13.2 Å². The maximum atomic E-state index is 12.4. The molecule has 1 aliphatic carbocycles. The van der Waals surface area contributed by atoms with E-state index in [-0.39, 0.29) is 16.7 Å². The number of Topliss-reactive ketones (excluding diaryl/α,β-unsaturated/α-hetero) is 1. The predicted octanol–water partition coefficient (Wildman–Crippen LogP) is 2.45. The average Bonchev–Trinajstić information content (AvgIpc) is 2.85. The zero-order chi connectivity index (χ0) is 14.8.